The average Bonchev–Trinajstić information content (AvgIpc) is 2.07. The molecule has 0 aromatic heterocycles. The van der Waals surface area contributed by atoms with Crippen LogP contribution in [0.1, 0.15) is 19.3 Å². The van der Waals surface area contributed by atoms with E-state index >= 15 is 0 Å². The molecular weight excluding hydrogens is 142 g/mol. The van der Waals surface area contributed by atoms with E-state index < -0.39 is 0 Å². The molecule has 0 unspecified atom stereocenters. The van der Waals surface area contributed by atoms with E-state index in [4.69, 9.17) is 14.7 Å². The van der Waals surface area contributed by atoms with Crippen LogP contribution in [-0.2, 0) is 9.47 Å². The monoisotopic (exact) mass is 155 g/mol. The molecule has 1 fully saturated rings. The van der Waals surface area contributed by atoms with Gasteiger partial charge < -0.3 is 9.47 Å². The van der Waals surface area contributed by atoms with E-state index in [1.807, 2.05) is 0 Å². The van der Waals surface area contributed by atoms with Gasteiger partial charge in [0.25, 0.3) is 0 Å². The molecule has 0 spiro atoms. The SMILES string of the molecule is N#CCCOC1CCOCC1. The molecule has 62 valence electrons. The van der Waals surface area contributed by atoms with Gasteiger partial charge in [-0.15, -0.1) is 0 Å². The van der Waals surface area contributed by atoms with Crippen LogP contribution in [-0.4, -0.2) is 25.9 Å². The second-order valence-corrected chi connectivity index (χ2v) is 2.59. The molecule has 0 amide bonds. The van der Waals surface area contributed by atoms with Crippen LogP contribution < -0.4 is 0 Å². The molecule has 11 heavy (non-hydrogen) atoms. The number of nitriles is 1. The van der Waals surface area contributed by atoms with Gasteiger partial charge in [0.1, 0.15) is 0 Å². The molecule has 1 aliphatic rings. The van der Waals surface area contributed by atoms with Gasteiger partial charge in [-0.3, -0.25) is 0 Å². The predicted molar refractivity (Wildman–Crippen MR) is 40.0 cm³/mol. The Morgan fingerprint density at radius 2 is 2.18 bits per heavy atom. The summed E-state index contributed by atoms with van der Waals surface area (Å²) in [5.41, 5.74) is 0. The van der Waals surface area contributed by atoms with E-state index in [9.17, 15) is 0 Å². The molecule has 1 aliphatic heterocycles. The van der Waals surface area contributed by atoms with Gasteiger partial charge in [0.15, 0.2) is 0 Å². The van der Waals surface area contributed by atoms with Crippen molar-refractivity contribution in [1.29, 1.82) is 5.26 Å². The third kappa shape index (κ3) is 3.35. The minimum atomic E-state index is 0.331. The molecule has 1 heterocycles. The van der Waals surface area contributed by atoms with Gasteiger partial charge in [-0.05, 0) is 12.8 Å². The van der Waals surface area contributed by atoms with Crippen LogP contribution in [0, 0.1) is 11.3 Å². The lowest BCUT2D eigenvalue weighted by molar-refractivity contribution is -0.0299. The molecular formula is C8H13NO2. The van der Waals surface area contributed by atoms with Crippen molar-refractivity contribution in [1.82, 2.24) is 0 Å². The van der Waals surface area contributed by atoms with Crippen LogP contribution in [0.2, 0.25) is 0 Å². The highest BCUT2D eigenvalue weighted by Crippen LogP contribution is 2.10. The summed E-state index contributed by atoms with van der Waals surface area (Å²) in [4.78, 5) is 0. The van der Waals surface area contributed by atoms with Crippen molar-refractivity contribution in [3.8, 4) is 6.07 Å². The molecule has 0 bridgehead atoms. The summed E-state index contributed by atoms with van der Waals surface area (Å²) in [6.07, 6.45) is 2.78. The molecule has 0 aromatic carbocycles. The second-order valence-electron chi connectivity index (χ2n) is 2.59. The van der Waals surface area contributed by atoms with Crippen LogP contribution in [0.15, 0.2) is 0 Å². The standard InChI is InChI=1S/C8H13NO2/c9-4-1-5-11-8-2-6-10-7-3-8/h8H,1-3,5-7H2. The maximum atomic E-state index is 8.24. The van der Waals surface area contributed by atoms with Crippen molar-refractivity contribution in [2.75, 3.05) is 19.8 Å². The van der Waals surface area contributed by atoms with Crippen molar-refractivity contribution in [2.45, 2.75) is 25.4 Å². The topological polar surface area (TPSA) is 42.2 Å². The Morgan fingerprint density at radius 3 is 2.82 bits per heavy atom. The minimum Gasteiger partial charge on any atom is -0.381 e. The zero-order valence-electron chi connectivity index (χ0n) is 6.58. The first-order chi connectivity index (χ1) is 5.43. The van der Waals surface area contributed by atoms with Crippen LogP contribution in [0.3, 0.4) is 0 Å². The summed E-state index contributed by atoms with van der Waals surface area (Å²) in [6, 6.07) is 2.05. The highest BCUT2D eigenvalue weighted by Gasteiger charge is 2.12. The Morgan fingerprint density at radius 1 is 1.45 bits per heavy atom. The fourth-order valence-electron chi connectivity index (χ4n) is 1.11. The average molecular weight is 155 g/mol. The van der Waals surface area contributed by atoms with E-state index in [1.165, 1.54) is 0 Å². The van der Waals surface area contributed by atoms with Crippen molar-refractivity contribution >= 4 is 0 Å². The van der Waals surface area contributed by atoms with Crippen molar-refractivity contribution in [3.63, 3.8) is 0 Å². The molecule has 0 saturated carbocycles. The molecule has 0 aliphatic carbocycles. The Hall–Kier alpha value is -0.590. The van der Waals surface area contributed by atoms with Gasteiger partial charge in [-0.1, -0.05) is 0 Å². The zero-order valence-corrected chi connectivity index (χ0v) is 6.58. The predicted octanol–water partition coefficient (Wildman–Crippen LogP) is 1.10. The van der Waals surface area contributed by atoms with Crippen molar-refractivity contribution < 1.29 is 9.47 Å². The Balaban J connectivity index is 2.01. The maximum absolute atomic E-state index is 8.24. The lowest BCUT2D eigenvalue weighted by Gasteiger charge is -2.21. The van der Waals surface area contributed by atoms with Gasteiger partial charge in [-0.25, -0.2) is 0 Å². The van der Waals surface area contributed by atoms with Gasteiger partial charge in [0.05, 0.1) is 25.2 Å². The molecule has 0 radical (unpaired) electrons. The normalized spacial score (nSPS) is 19.5. The second kappa shape index (κ2) is 5.11. The van der Waals surface area contributed by atoms with E-state index in [1.54, 1.807) is 0 Å². The first-order valence-corrected chi connectivity index (χ1v) is 4.00. The summed E-state index contributed by atoms with van der Waals surface area (Å²) in [5.74, 6) is 0. The van der Waals surface area contributed by atoms with Gasteiger partial charge in [-0.2, -0.15) is 5.26 Å². The molecule has 3 heteroatoms. The van der Waals surface area contributed by atoms with Crippen LogP contribution >= 0.6 is 0 Å². The third-order valence-corrected chi connectivity index (χ3v) is 1.74. The third-order valence-electron chi connectivity index (χ3n) is 1.74. The number of ether oxygens (including phenoxy) is 2. The number of hydrogen-bond acceptors (Lipinski definition) is 3. The van der Waals surface area contributed by atoms with E-state index in [0.717, 1.165) is 26.1 Å². The van der Waals surface area contributed by atoms with Gasteiger partial charge >= 0.3 is 0 Å². The number of nitrogens with zero attached hydrogens (tertiary/aromatic N) is 1. The molecule has 3 nitrogen and oxygen atoms in total. The Kier molecular flexibility index (Phi) is 3.95. The fourth-order valence-corrected chi connectivity index (χ4v) is 1.11. The van der Waals surface area contributed by atoms with E-state index in [2.05, 4.69) is 6.07 Å². The van der Waals surface area contributed by atoms with Crippen LogP contribution in [0.5, 0.6) is 0 Å². The fraction of sp³-hybridized carbons (Fsp3) is 0.875. The summed E-state index contributed by atoms with van der Waals surface area (Å²) >= 11 is 0. The summed E-state index contributed by atoms with van der Waals surface area (Å²) in [7, 11) is 0. The lowest BCUT2D eigenvalue weighted by Crippen LogP contribution is -2.23. The highest BCUT2D eigenvalue weighted by molar-refractivity contribution is 4.69. The first-order valence-electron chi connectivity index (χ1n) is 4.00. The van der Waals surface area contributed by atoms with E-state index in [-0.39, 0.29) is 0 Å². The van der Waals surface area contributed by atoms with Crippen molar-refractivity contribution in [3.05, 3.63) is 0 Å². The van der Waals surface area contributed by atoms with Crippen molar-refractivity contribution in [2.24, 2.45) is 0 Å². The molecule has 1 rings (SSSR count). The number of rotatable bonds is 3. The minimum absolute atomic E-state index is 0.331. The molecule has 0 aromatic rings. The molecule has 1 saturated heterocycles. The Bertz CT molecular complexity index is 136. The lowest BCUT2D eigenvalue weighted by atomic mass is 10.1. The quantitative estimate of drug-likeness (QED) is 0.573. The molecule has 0 atom stereocenters. The van der Waals surface area contributed by atoms with Crippen LogP contribution in [0.4, 0.5) is 0 Å². The summed E-state index contributed by atoms with van der Waals surface area (Å²) in [5, 5.41) is 8.24. The molecule has 0 N–H and O–H groups in total. The Labute approximate surface area is 66.9 Å². The highest BCUT2D eigenvalue weighted by atomic mass is 16.5. The summed E-state index contributed by atoms with van der Waals surface area (Å²) in [6.45, 7) is 2.18. The van der Waals surface area contributed by atoms with Crippen LogP contribution in [0.25, 0.3) is 0 Å². The number of hydrogen-bond donors (Lipinski definition) is 0. The summed E-state index contributed by atoms with van der Waals surface area (Å²) < 4.78 is 10.6. The largest absolute Gasteiger partial charge is 0.381 e. The smallest absolute Gasteiger partial charge is 0.0645 e. The zero-order chi connectivity index (χ0) is 7.94. The van der Waals surface area contributed by atoms with Gasteiger partial charge in [0.2, 0.25) is 0 Å². The first kappa shape index (κ1) is 8.51. The van der Waals surface area contributed by atoms with Gasteiger partial charge in [0, 0.05) is 13.2 Å². The van der Waals surface area contributed by atoms with E-state index in [0.29, 0.717) is 19.1 Å². The maximum Gasteiger partial charge on any atom is 0.0645 e.